The summed E-state index contributed by atoms with van der Waals surface area (Å²) in [5.74, 6) is -0.283. The van der Waals surface area contributed by atoms with Crippen molar-refractivity contribution in [2.75, 3.05) is 33.4 Å². The molecule has 0 bridgehead atoms. The van der Waals surface area contributed by atoms with Crippen LogP contribution in [0.15, 0.2) is 29.6 Å². The number of nitrogens with zero attached hydrogens (tertiary/aromatic N) is 1. The van der Waals surface area contributed by atoms with Gasteiger partial charge in [-0.15, -0.1) is 36.2 Å². The number of amides is 1. The van der Waals surface area contributed by atoms with Gasteiger partial charge in [-0.05, 0) is 17.7 Å². The highest BCUT2D eigenvalue weighted by Gasteiger charge is 2.08. The molecule has 0 aliphatic carbocycles. The summed E-state index contributed by atoms with van der Waals surface area (Å²) in [6.45, 7) is 2.71. The molecule has 146 valence electrons. The molecule has 1 amide bonds. The zero-order valence-electron chi connectivity index (χ0n) is 14.5. The van der Waals surface area contributed by atoms with Crippen molar-refractivity contribution in [2.45, 2.75) is 12.8 Å². The first-order valence-electron chi connectivity index (χ1n) is 7.81. The largest absolute Gasteiger partial charge is 0.383 e. The first-order chi connectivity index (χ1) is 11.7. The van der Waals surface area contributed by atoms with Gasteiger partial charge >= 0.3 is 0 Å². The summed E-state index contributed by atoms with van der Waals surface area (Å²) in [5, 5.41) is 8.83. The summed E-state index contributed by atoms with van der Waals surface area (Å²) < 4.78 is 17.8. The third kappa shape index (κ3) is 9.45. The van der Waals surface area contributed by atoms with Crippen LogP contribution in [0.3, 0.4) is 0 Å². The SMILES string of the molecule is COCCNCCNC(=O)Cc1csc(Cc2ccc(F)cc2)n1.Cl.Cl. The van der Waals surface area contributed by atoms with E-state index in [-0.39, 0.29) is 43.0 Å². The monoisotopic (exact) mass is 423 g/mol. The van der Waals surface area contributed by atoms with Crippen molar-refractivity contribution in [3.05, 3.63) is 51.7 Å². The number of carbonyl (C=O) groups is 1. The fourth-order valence-electron chi connectivity index (χ4n) is 2.10. The van der Waals surface area contributed by atoms with Crippen molar-refractivity contribution in [2.24, 2.45) is 0 Å². The number of methoxy groups -OCH3 is 1. The quantitative estimate of drug-likeness (QED) is 0.576. The molecule has 0 aliphatic heterocycles. The predicted molar refractivity (Wildman–Crippen MR) is 107 cm³/mol. The molecule has 0 aliphatic rings. The summed E-state index contributed by atoms with van der Waals surface area (Å²) >= 11 is 1.52. The molecule has 2 aromatic rings. The molecule has 0 saturated carbocycles. The van der Waals surface area contributed by atoms with Crippen molar-refractivity contribution < 1.29 is 13.9 Å². The molecule has 0 fully saturated rings. The third-order valence-corrected chi connectivity index (χ3v) is 4.21. The Morgan fingerprint density at radius 1 is 1.19 bits per heavy atom. The first-order valence-corrected chi connectivity index (χ1v) is 8.69. The van der Waals surface area contributed by atoms with E-state index in [1.165, 1.54) is 23.5 Å². The Bertz CT molecular complexity index is 641. The molecule has 9 heteroatoms. The van der Waals surface area contributed by atoms with E-state index in [4.69, 9.17) is 4.74 Å². The van der Waals surface area contributed by atoms with Crippen LogP contribution in [0.5, 0.6) is 0 Å². The lowest BCUT2D eigenvalue weighted by Gasteiger charge is -2.05. The lowest BCUT2D eigenvalue weighted by molar-refractivity contribution is -0.120. The van der Waals surface area contributed by atoms with Crippen LogP contribution < -0.4 is 10.6 Å². The van der Waals surface area contributed by atoms with Gasteiger partial charge in [0.2, 0.25) is 5.91 Å². The van der Waals surface area contributed by atoms with Gasteiger partial charge in [0.1, 0.15) is 5.82 Å². The van der Waals surface area contributed by atoms with Gasteiger partial charge in [0.25, 0.3) is 0 Å². The Morgan fingerprint density at radius 3 is 2.62 bits per heavy atom. The zero-order chi connectivity index (χ0) is 17.2. The van der Waals surface area contributed by atoms with Gasteiger partial charge in [-0.3, -0.25) is 4.79 Å². The highest BCUT2D eigenvalue weighted by molar-refractivity contribution is 7.09. The van der Waals surface area contributed by atoms with Gasteiger partial charge in [-0.25, -0.2) is 9.37 Å². The van der Waals surface area contributed by atoms with Crippen LogP contribution in [0.4, 0.5) is 4.39 Å². The molecule has 0 spiro atoms. The van der Waals surface area contributed by atoms with E-state index in [1.54, 1.807) is 19.2 Å². The van der Waals surface area contributed by atoms with Crippen LogP contribution >= 0.6 is 36.2 Å². The number of carbonyl (C=O) groups excluding carboxylic acids is 1. The van der Waals surface area contributed by atoms with E-state index in [2.05, 4.69) is 15.6 Å². The molecule has 0 radical (unpaired) electrons. The fourth-order valence-corrected chi connectivity index (χ4v) is 2.93. The van der Waals surface area contributed by atoms with E-state index in [1.807, 2.05) is 5.38 Å². The van der Waals surface area contributed by atoms with Crippen molar-refractivity contribution in [3.8, 4) is 0 Å². The van der Waals surface area contributed by atoms with Crippen molar-refractivity contribution in [1.29, 1.82) is 0 Å². The molecule has 26 heavy (non-hydrogen) atoms. The zero-order valence-corrected chi connectivity index (χ0v) is 16.9. The first kappa shape index (κ1) is 24.8. The summed E-state index contributed by atoms with van der Waals surface area (Å²) in [6, 6.07) is 6.38. The minimum Gasteiger partial charge on any atom is -0.383 e. The second kappa shape index (κ2) is 13.9. The summed E-state index contributed by atoms with van der Waals surface area (Å²) in [5.41, 5.74) is 1.77. The highest BCUT2D eigenvalue weighted by Crippen LogP contribution is 2.15. The average molecular weight is 424 g/mol. The molecule has 2 rings (SSSR count). The van der Waals surface area contributed by atoms with Crippen LogP contribution in [0.1, 0.15) is 16.3 Å². The number of ether oxygens (including phenoxy) is 1. The van der Waals surface area contributed by atoms with E-state index >= 15 is 0 Å². The predicted octanol–water partition coefficient (Wildman–Crippen LogP) is 2.61. The van der Waals surface area contributed by atoms with E-state index in [9.17, 15) is 9.18 Å². The van der Waals surface area contributed by atoms with Crippen LogP contribution in [0.2, 0.25) is 0 Å². The molecule has 1 aromatic heterocycles. The maximum absolute atomic E-state index is 12.9. The Morgan fingerprint density at radius 2 is 1.92 bits per heavy atom. The van der Waals surface area contributed by atoms with Crippen molar-refractivity contribution in [1.82, 2.24) is 15.6 Å². The lowest BCUT2D eigenvalue weighted by atomic mass is 10.1. The minimum atomic E-state index is -0.244. The third-order valence-electron chi connectivity index (χ3n) is 3.32. The topological polar surface area (TPSA) is 63.2 Å². The average Bonchev–Trinajstić information content (AvgIpc) is 3.00. The van der Waals surface area contributed by atoms with Gasteiger partial charge in [0.15, 0.2) is 0 Å². The summed E-state index contributed by atoms with van der Waals surface area (Å²) in [7, 11) is 1.65. The number of halogens is 3. The molecular formula is C17H24Cl2FN3O2S. The van der Waals surface area contributed by atoms with Crippen LogP contribution in [-0.2, 0) is 22.4 Å². The second-order valence-corrected chi connectivity index (χ2v) is 6.25. The standard InChI is InChI=1S/C17H22FN3O2S.2ClH/c1-23-9-8-19-6-7-20-16(22)11-15-12-24-17(21-15)10-13-2-4-14(18)5-3-13;;/h2-5,12,19H,6-11H2,1H3,(H,20,22);2*1H. The molecule has 1 aromatic carbocycles. The van der Waals surface area contributed by atoms with Gasteiger partial charge < -0.3 is 15.4 Å². The van der Waals surface area contributed by atoms with Gasteiger partial charge in [0.05, 0.1) is 23.7 Å². The minimum absolute atomic E-state index is 0. The molecule has 0 unspecified atom stereocenters. The number of rotatable bonds is 10. The van der Waals surface area contributed by atoms with Crippen molar-refractivity contribution in [3.63, 3.8) is 0 Å². The van der Waals surface area contributed by atoms with Crippen LogP contribution in [0, 0.1) is 5.82 Å². The number of hydrogen-bond acceptors (Lipinski definition) is 5. The number of aromatic nitrogens is 1. The normalized spacial score (nSPS) is 9.92. The summed E-state index contributed by atoms with van der Waals surface area (Å²) in [6.07, 6.45) is 0.925. The van der Waals surface area contributed by atoms with E-state index in [0.717, 1.165) is 22.8 Å². The maximum atomic E-state index is 12.9. The second-order valence-electron chi connectivity index (χ2n) is 5.31. The van der Waals surface area contributed by atoms with Gasteiger partial charge in [-0.1, -0.05) is 12.1 Å². The Kier molecular flexibility index (Phi) is 13.2. The lowest BCUT2D eigenvalue weighted by Crippen LogP contribution is -2.33. The molecular weight excluding hydrogens is 400 g/mol. The molecule has 0 atom stereocenters. The van der Waals surface area contributed by atoms with Gasteiger partial charge in [0, 0.05) is 38.5 Å². The summed E-state index contributed by atoms with van der Waals surface area (Å²) in [4.78, 5) is 16.3. The molecule has 0 saturated heterocycles. The number of thiazole rings is 1. The fraction of sp³-hybridized carbons (Fsp3) is 0.412. The van der Waals surface area contributed by atoms with E-state index in [0.29, 0.717) is 26.1 Å². The maximum Gasteiger partial charge on any atom is 0.226 e. The highest BCUT2D eigenvalue weighted by atomic mass is 35.5. The molecule has 1 heterocycles. The van der Waals surface area contributed by atoms with Crippen molar-refractivity contribution >= 4 is 42.1 Å². The Balaban J connectivity index is 0.00000312. The van der Waals surface area contributed by atoms with Gasteiger partial charge in [-0.2, -0.15) is 0 Å². The molecule has 2 N–H and O–H groups in total. The number of hydrogen-bond donors (Lipinski definition) is 2. The smallest absolute Gasteiger partial charge is 0.226 e. The van der Waals surface area contributed by atoms with Crippen LogP contribution in [-0.4, -0.2) is 44.2 Å². The Hall–Kier alpha value is -1.25. The van der Waals surface area contributed by atoms with E-state index < -0.39 is 0 Å². The number of benzene rings is 1. The Labute approximate surface area is 169 Å². The molecule has 5 nitrogen and oxygen atoms in total. The number of nitrogens with one attached hydrogen (secondary N) is 2. The van der Waals surface area contributed by atoms with Crippen LogP contribution in [0.25, 0.3) is 0 Å².